The Morgan fingerprint density at radius 3 is 1.51 bits per heavy atom. The van der Waals surface area contributed by atoms with E-state index in [-0.39, 0.29) is 17.3 Å². The highest BCUT2D eigenvalue weighted by Crippen LogP contribution is 2.46. The number of fused-ring (bicyclic) bond motifs is 2. The van der Waals surface area contributed by atoms with Crippen LogP contribution in [-0.2, 0) is 60.7 Å². The van der Waals surface area contributed by atoms with Crippen LogP contribution in [0.4, 0.5) is 57.9 Å². The minimum Gasteiger partial charge on any atom is -0.505 e. The van der Waals surface area contributed by atoms with Gasteiger partial charge in [-0.25, -0.2) is 0 Å². The first kappa shape index (κ1) is 55.7. The van der Waals surface area contributed by atoms with Crippen LogP contribution in [0.2, 0.25) is 10.6 Å². The molecule has 0 bridgehead atoms. The molecule has 8 rings (SSSR count). The number of nitrogens with one attached hydrogen (secondary N) is 4. The molecule has 11 N–H and O–H groups in total. The van der Waals surface area contributed by atoms with E-state index in [9.17, 15) is 82.9 Å². The highest BCUT2D eigenvalue weighted by molar-refractivity contribution is 7.87. The average molecular weight is 1220 g/mol. The third-order valence-corrected chi connectivity index (χ3v) is 15.7. The first-order valence-corrected chi connectivity index (χ1v) is 29.3. The number of hydrogen-bond acceptors (Lipinski definition) is 25. The van der Waals surface area contributed by atoms with Gasteiger partial charge in [0.2, 0.25) is 34.4 Å². The second kappa shape index (κ2) is 20.1. The summed E-state index contributed by atoms with van der Waals surface area (Å²) in [6.07, 6.45) is 0. The molecule has 77 heavy (non-hydrogen) atoms. The van der Waals surface area contributed by atoms with Gasteiger partial charge in [0.05, 0.1) is 21.2 Å². The fraction of sp³-hybridized carbons (Fsp3) is 0. The van der Waals surface area contributed by atoms with Crippen LogP contribution in [0.1, 0.15) is 0 Å². The van der Waals surface area contributed by atoms with Crippen LogP contribution in [0, 0.1) is 0 Å². The van der Waals surface area contributed by atoms with E-state index in [0.717, 1.165) is 60.7 Å². The summed E-state index contributed by atoms with van der Waals surface area (Å²) in [5, 5.41) is 26.1. The summed E-state index contributed by atoms with van der Waals surface area (Å²) < 4.78 is 208. The van der Waals surface area contributed by atoms with Gasteiger partial charge in [0, 0.05) is 27.5 Å². The smallest absolute Gasteiger partial charge is 0.297 e. The fourth-order valence-corrected chi connectivity index (χ4v) is 11.3. The second-order valence-electron chi connectivity index (χ2n) is 15.2. The van der Waals surface area contributed by atoms with E-state index in [1.54, 1.807) is 0 Å². The lowest BCUT2D eigenvalue weighted by atomic mass is 10.1. The molecule has 0 amide bonds. The van der Waals surface area contributed by atoms with Crippen molar-refractivity contribution >= 4 is 163 Å². The molecule has 31 nitrogen and oxygen atoms in total. The first-order valence-electron chi connectivity index (χ1n) is 19.9. The molecule has 0 radical (unpaired) electrons. The Balaban J connectivity index is 1.19. The molecule has 0 aliphatic heterocycles. The highest BCUT2D eigenvalue weighted by atomic mass is 35.5. The number of hydrogen-bond donors (Lipinski definition) is 11. The minimum atomic E-state index is -5.52. The lowest BCUT2D eigenvalue weighted by Crippen LogP contribution is -2.09. The molecule has 402 valence electrons. The average Bonchev–Trinajstić information content (AvgIpc) is 3.28. The molecule has 0 spiro atoms. The topological polar surface area (TPSA) is 497 Å². The summed E-state index contributed by atoms with van der Waals surface area (Å²) in [4.78, 5) is 18.3. The van der Waals surface area contributed by atoms with Crippen LogP contribution in [0.15, 0.2) is 131 Å². The molecule has 2 heterocycles. The van der Waals surface area contributed by atoms with E-state index in [2.05, 4.69) is 61.4 Å². The highest BCUT2D eigenvalue weighted by Gasteiger charge is 2.28. The van der Waals surface area contributed by atoms with Crippen molar-refractivity contribution in [2.24, 2.45) is 10.2 Å². The maximum atomic E-state index is 12.8. The Bertz CT molecular complexity index is 4590. The Hall–Kier alpha value is -7.50. The zero-order valence-electron chi connectivity index (χ0n) is 37.0. The summed E-state index contributed by atoms with van der Waals surface area (Å²) in [6.45, 7) is 0. The molecule has 0 fully saturated rings. The molecule has 8 aromatic rings. The van der Waals surface area contributed by atoms with Gasteiger partial charge in [-0.3, -0.25) is 27.3 Å². The van der Waals surface area contributed by atoms with E-state index < -0.39 is 169 Å². The molecule has 0 aliphatic carbocycles. The summed E-state index contributed by atoms with van der Waals surface area (Å²) in [7, 11) is -30.8. The number of phenolic OH excluding ortho intramolecular Hbond substituents is 1. The Kier molecular flexibility index (Phi) is 14.6. The van der Waals surface area contributed by atoms with Gasteiger partial charge in [-0.15, -0.1) is 10.2 Å². The molecular formula is C38H26Cl2N12O19S6. The predicted molar refractivity (Wildman–Crippen MR) is 268 cm³/mol. The number of aromatic hydroxyl groups is 1. The summed E-state index contributed by atoms with van der Waals surface area (Å²) in [6, 6.07) is 14.2. The summed E-state index contributed by atoms with van der Waals surface area (Å²) >= 11 is 12.3. The number of halogens is 2. The van der Waals surface area contributed by atoms with Crippen molar-refractivity contribution in [3.05, 3.63) is 102 Å². The van der Waals surface area contributed by atoms with Crippen LogP contribution in [0.5, 0.6) is 5.75 Å². The molecule has 0 aliphatic rings. The number of azo groups is 1. The summed E-state index contributed by atoms with van der Waals surface area (Å²) in [5.41, 5.74) is -3.12. The SMILES string of the molecule is O=S(=O)(O)c1cccc(Nc2nc(Cl)nc(Nc3cc(Nc4nc(Cl)nc(Nc5cc(S(=O)(=O)O)cc6cc(S(=O)(=O)O)c(N=Nc7ccc8c(S(=O)(=O)O)cccc8c7S(=O)(=O)O)c(O)c56)n4)ccc3S(=O)(=O)O)n2)c1. The maximum absolute atomic E-state index is 12.8. The standard InChI is InChI=1S/C38H26Cl2N12O19S6/c39-33-45-35(41-17-3-1-4-19(13-17)72(54,55)56)49-37(47-33)43-24-14-18(7-10-27(24)75(63,64)65)42-36-46-34(40)48-38(50-36)44-25-15-20(73(57,58)59)11-16-12-28(76(66,67)68)30(31(53)29(16)25)52-51-23-9-8-21-22(32(23)77(69,70)71)5-2-6-26(21)74(60,61)62/h1-15,53H,(H,54,55,56)(H,57,58,59)(H,60,61,62)(H,63,64,65)(H,66,67,68)(H,69,70,71)(H2,41,43,45,47,49)(H2,42,44,46,48,50). The number of rotatable bonds is 16. The zero-order chi connectivity index (χ0) is 56.4. The van der Waals surface area contributed by atoms with Crippen molar-refractivity contribution in [2.75, 3.05) is 21.3 Å². The van der Waals surface area contributed by atoms with Gasteiger partial charge in [0.1, 0.15) is 31.0 Å². The number of nitrogens with zero attached hydrogens (tertiary/aromatic N) is 8. The van der Waals surface area contributed by atoms with Gasteiger partial charge >= 0.3 is 0 Å². The van der Waals surface area contributed by atoms with Gasteiger partial charge in [-0.1, -0.05) is 24.3 Å². The normalized spacial score (nSPS) is 12.8. The van der Waals surface area contributed by atoms with E-state index in [4.69, 9.17) is 23.2 Å². The first-order chi connectivity index (χ1) is 35.6. The minimum absolute atomic E-state index is 0.0400. The lowest BCUT2D eigenvalue weighted by Gasteiger charge is -2.16. The van der Waals surface area contributed by atoms with Gasteiger partial charge in [-0.05, 0) is 95.3 Å². The zero-order valence-corrected chi connectivity index (χ0v) is 43.4. The molecule has 39 heteroatoms. The number of aromatic nitrogens is 6. The Labute approximate surface area is 441 Å². The molecule has 6 aromatic carbocycles. The van der Waals surface area contributed by atoms with Crippen molar-refractivity contribution in [3.8, 4) is 5.75 Å². The molecule has 0 atom stereocenters. The third kappa shape index (κ3) is 12.5. The van der Waals surface area contributed by atoms with Crippen molar-refractivity contribution in [3.63, 3.8) is 0 Å². The van der Waals surface area contributed by atoms with Crippen molar-refractivity contribution in [2.45, 2.75) is 29.4 Å². The molecule has 2 aromatic heterocycles. The van der Waals surface area contributed by atoms with E-state index in [1.807, 2.05) is 0 Å². The van der Waals surface area contributed by atoms with E-state index >= 15 is 0 Å². The lowest BCUT2D eigenvalue weighted by molar-refractivity contribution is 0.472. The largest absolute Gasteiger partial charge is 0.505 e. The second-order valence-corrected chi connectivity index (χ2v) is 24.2. The van der Waals surface area contributed by atoms with Crippen molar-refractivity contribution in [1.82, 2.24) is 29.9 Å². The molecule has 0 unspecified atom stereocenters. The van der Waals surface area contributed by atoms with Crippen molar-refractivity contribution in [1.29, 1.82) is 0 Å². The van der Waals surface area contributed by atoms with E-state index in [1.165, 1.54) is 12.1 Å². The predicted octanol–water partition coefficient (Wildman–Crippen LogP) is 6.25. The Morgan fingerprint density at radius 1 is 0.429 bits per heavy atom. The number of phenols is 1. The van der Waals surface area contributed by atoms with Crippen LogP contribution >= 0.6 is 23.2 Å². The quantitative estimate of drug-likeness (QED) is 0.0376. The molecular weight excluding hydrogens is 1190 g/mol. The van der Waals surface area contributed by atoms with Gasteiger partial charge in [-0.2, -0.15) is 80.4 Å². The number of benzene rings is 6. The number of anilines is 8. The monoisotopic (exact) mass is 1220 g/mol. The summed E-state index contributed by atoms with van der Waals surface area (Å²) in [5.74, 6) is -3.18. The maximum Gasteiger partial charge on any atom is 0.297 e. The fourth-order valence-electron chi connectivity index (χ4n) is 7.06. The van der Waals surface area contributed by atoms with Gasteiger partial charge in [0.15, 0.2) is 5.75 Å². The third-order valence-electron chi connectivity index (χ3n) is 10.1. The van der Waals surface area contributed by atoms with Gasteiger partial charge in [0.25, 0.3) is 60.7 Å². The van der Waals surface area contributed by atoms with Crippen LogP contribution in [0.25, 0.3) is 21.5 Å². The van der Waals surface area contributed by atoms with Crippen LogP contribution in [0.3, 0.4) is 0 Å². The molecule has 0 saturated carbocycles. The van der Waals surface area contributed by atoms with Crippen molar-refractivity contribution < 1.29 is 82.9 Å². The Morgan fingerprint density at radius 2 is 0.961 bits per heavy atom. The van der Waals surface area contributed by atoms with Crippen LogP contribution in [-0.4, -0.2) is 113 Å². The van der Waals surface area contributed by atoms with Crippen LogP contribution < -0.4 is 21.3 Å². The van der Waals surface area contributed by atoms with Gasteiger partial charge < -0.3 is 26.4 Å². The van der Waals surface area contributed by atoms with E-state index in [0.29, 0.717) is 18.2 Å². The molecule has 0 saturated heterocycles.